The number of benzene rings is 2. The van der Waals surface area contributed by atoms with Crippen molar-refractivity contribution in [3.05, 3.63) is 113 Å². The molecular weight excluding hydrogens is 438 g/mol. The monoisotopic (exact) mass is 457 g/mol. The van der Waals surface area contributed by atoms with Crippen LogP contribution in [0.25, 0.3) is 0 Å². The second-order valence-electron chi connectivity index (χ2n) is 7.41. The van der Waals surface area contributed by atoms with Gasteiger partial charge >= 0.3 is 6.18 Å². The van der Waals surface area contributed by atoms with Gasteiger partial charge in [0, 0.05) is 24.5 Å². The number of hydrogen-bond donors (Lipinski definition) is 0. The molecule has 2 aromatic carbocycles. The Bertz CT molecular complexity index is 1200. The molecule has 33 heavy (non-hydrogen) atoms. The summed E-state index contributed by atoms with van der Waals surface area (Å²) < 4.78 is 58.9. The second kappa shape index (κ2) is 9.32. The molecule has 2 aromatic heterocycles. The first-order valence-electron chi connectivity index (χ1n) is 10.0. The molecular formula is C24H19F4N3O2. The van der Waals surface area contributed by atoms with E-state index in [2.05, 4.69) is 4.98 Å². The predicted molar refractivity (Wildman–Crippen MR) is 111 cm³/mol. The summed E-state index contributed by atoms with van der Waals surface area (Å²) in [6.07, 6.45) is 0.362. The van der Waals surface area contributed by atoms with Crippen molar-refractivity contribution in [2.24, 2.45) is 0 Å². The van der Waals surface area contributed by atoms with Gasteiger partial charge < -0.3 is 13.9 Å². The first kappa shape index (κ1) is 22.3. The maximum atomic E-state index is 13.3. The molecule has 0 unspecified atom stereocenters. The predicted octanol–water partition coefficient (Wildman–Crippen LogP) is 5.52. The quantitative estimate of drug-likeness (QED) is 0.343. The minimum atomic E-state index is -4.40. The average molecular weight is 457 g/mol. The van der Waals surface area contributed by atoms with Crippen LogP contribution in [0.5, 0.6) is 0 Å². The smallest absolute Gasteiger partial charge is 0.416 e. The largest absolute Gasteiger partial charge is 0.467 e. The molecule has 5 nitrogen and oxygen atoms in total. The molecule has 0 radical (unpaired) electrons. The van der Waals surface area contributed by atoms with Crippen LogP contribution in [0.3, 0.4) is 0 Å². The van der Waals surface area contributed by atoms with Crippen molar-refractivity contribution in [2.45, 2.75) is 25.8 Å². The molecule has 0 N–H and O–H groups in total. The summed E-state index contributed by atoms with van der Waals surface area (Å²) in [4.78, 5) is 19.0. The lowest BCUT2D eigenvalue weighted by Crippen LogP contribution is -2.31. The second-order valence-corrected chi connectivity index (χ2v) is 7.41. The van der Waals surface area contributed by atoms with E-state index in [-0.39, 0.29) is 25.5 Å². The summed E-state index contributed by atoms with van der Waals surface area (Å²) in [5.74, 6) is 0.315. The van der Waals surface area contributed by atoms with Crippen LogP contribution in [0, 0.1) is 5.82 Å². The zero-order valence-corrected chi connectivity index (χ0v) is 17.3. The SMILES string of the molecule is O=C(c1ccc(F)cc1)N(Cc1ccco1)Cc1nccn1Cc1ccc(C(F)(F)F)cc1. The van der Waals surface area contributed by atoms with Crippen LogP contribution in [-0.2, 0) is 25.8 Å². The van der Waals surface area contributed by atoms with Crippen LogP contribution < -0.4 is 0 Å². The Hall–Kier alpha value is -3.88. The number of furan rings is 1. The Balaban J connectivity index is 1.55. The van der Waals surface area contributed by atoms with Gasteiger partial charge in [-0.2, -0.15) is 13.2 Å². The maximum Gasteiger partial charge on any atom is 0.416 e. The van der Waals surface area contributed by atoms with Crippen LogP contribution in [0.4, 0.5) is 17.6 Å². The molecule has 0 saturated carbocycles. The summed E-state index contributed by atoms with van der Waals surface area (Å²) in [5, 5.41) is 0. The molecule has 170 valence electrons. The average Bonchev–Trinajstić information content (AvgIpc) is 3.45. The molecule has 2 heterocycles. The summed E-state index contributed by atoms with van der Waals surface area (Å²) in [7, 11) is 0. The van der Waals surface area contributed by atoms with Crippen molar-refractivity contribution in [2.75, 3.05) is 0 Å². The number of rotatable bonds is 7. The topological polar surface area (TPSA) is 51.3 Å². The van der Waals surface area contributed by atoms with Crippen molar-refractivity contribution in [3.63, 3.8) is 0 Å². The van der Waals surface area contributed by atoms with E-state index >= 15 is 0 Å². The molecule has 1 amide bonds. The van der Waals surface area contributed by atoms with Crippen molar-refractivity contribution in [1.29, 1.82) is 0 Å². The number of halogens is 4. The summed E-state index contributed by atoms with van der Waals surface area (Å²) in [5.41, 5.74) is 0.250. The number of carbonyl (C=O) groups excluding carboxylic acids is 1. The van der Waals surface area contributed by atoms with Crippen molar-refractivity contribution in [3.8, 4) is 0 Å². The molecule has 0 fully saturated rings. The van der Waals surface area contributed by atoms with E-state index in [4.69, 9.17) is 4.42 Å². The number of nitrogens with zero attached hydrogens (tertiary/aromatic N) is 3. The first-order valence-corrected chi connectivity index (χ1v) is 10.0. The summed E-state index contributed by atoms with van der Waals surface area (Å²) in [6, 6.07) is 13.6. The van der Waals surface area contributed by atoms with E-state index in [1.54, 1.807) is 29.1 Å². The van der Waals surface area contributed by atoms with Crippen LogP contribution in [-0.4, -0.2) is 20.4 Å². The summed E-state index contributed by atoms with van der Waals surface area (Å²) >= 11 is 0. The van der Waals surface area contributed by atoms with Gasteiger partial charge in [0.2, 0.25) is 0 Å². The lowest BCUT2D eigenvalue weighted by molar-refractivity contribution is -0.137. The Morgan fingerprint density at radius 2 is 1.73 bits per heavy atom. The zero-order valence-electron chi connectivity index (χ0n) is 17.3. The van der Waals surface area contributed by atoms with Gasteiger partial charge in [-0.25, -0.2) is 9.37 Å². The number of imidazole rings is 1. The number of aromatic nitrogens is 2. The highest BCUT2D eigenvalue weighted by Gasteiger charge is 2.30. The molecule has 0 saturated heterocycles. The van der Waals surface area contributed by atoms with Gasteiger partial charge in [0.15, 0.2) is 0 Å². The van der Waals surface area contributed by atoms with Gasteiger partial charge in [-0.05, 0) is 54.1 Å². The number of amides is 1. The molecule has 9 heteroatoms. The van der Waals surface area contributed by atoms with Crippen LogP contribution in [0.1, 0.15) is 33.1 Å². The fourth-order valence-corrected chi connectivity index (χ4v) is 3.37. The standard InChI is InChI=1S/C24H19F4N3O2/c25-20-9-5-18(6-10-20)23(32)31(15-21-2-1-13-33-21)16-22-29-11-12-30(22)14-17-3-7-19(8-4-17)24(26,27)28/h1-13H,14-16H2. The van der Waals surface area contributed by atoms with Crippen molar-refractivity contribution < 1.29 is 26.8 Å². The molecule has 4 rings (SSSR count). The summed E-state index contributed by atoms with van der Waals surface area (Å²) in [6.45, 7) is 0.563. The lowest BCUT2D eigenvalue weighted by atomic mass is 10.1. The Morgan fingerprint density at radius 3 is 2.36 bits per heavy atom. The van der Waals surface area contributed by atoms with E-state index in [1.807, 2.05) is 0 Å². The van der Waals surface area contributed by atoms with Gasteiger partial charge in [-0.15, -0.1) is 0 Å². The van der Waals surface area contributed by atoms with Crippen LogP contribution >= 0.6 is 0 Å². The Labute approximate surface area is 186 Å². The number of alkyl halides is 3. The fraction of sp³-hybridized carbons (Fsp3) is 0.167. The Morgan fingerprint density at radius 1 is 1.00 bits per heavy atom. The molecule has 0 aliphatic heterocycles. The normalized spacial score (nSPS) is 11.5. The van der Waals surface area contributed by atoms with Gasteiger partial charge in [0.1, 0.15) is 17.4 Å². The molecule has 4 aromatic rings. The molecule has 0 atom stereocenters. The van der Waals surface area contributed by atoms with E-state index in [0.717, 1.165) is 12.1 Å². The van der Waals surface area contributed by atoms with Gasteiger partial charge in [-0.1, -0.05) is 12.1 Å². The van der Waals surface area contributed by atoms with E-state index in [0.29, 0.717) is 22.7 Å². The third-order valence-corrected chi connectivity index (χ3v) is 5.07. The van der Waals surface area contributed by atoms with E-state index < -0.39 is 17.6 Å². The van der Waals surface area contributed by atoms with Crippen molar-refractivity contribution in [1.82, 2.24) is 14.5 Å². The third-order valence-electron chi connectivity index (χ3n) is 5.07. The van der Waals surface area contributed by atoms with Crippen molar-refractivity contribution >= 4 is 5.91 Å². The number of hydrogen-bond acceptors (Lipinski definition) is 3. The highest BCUT2D eigenvalue weighted by Crippen LogP contribution is 2.29. The van der Waals surface area contributed by atoms with Gasteiger partial charge in [-0.3, -0.25) is 4.79 Å². The minimum Gasteiger partial charge on any atom is -0.467 e. The number of carbonyl (C=O) groups is 1. The zero-order chi connectivity index (χ0) is 23.4. The minimum absolute atomic E-state index is 0.116. The van der Waals surface area contributed by atoms with Gasteiger partial charge in [0.25, 0.3) is 5.91 Å². The Kier molecular flexibility index (Phi) is 6.30. The highest BCUT2D eigenvalue weighted by molar-refractivity contribution is 5.94. The molecule has 0 aliphatic carbocycles. The van der Waals surface area contributed by atoms with Gasteiger partial charge in [0.05, 0.1) is 24.9 Å². The molecule has 0 aliphatic rings. The lowest BCUT2D eigenvalue weighted by Gasteiger charge is -2.22. The molecule has 0 bridgehead atoms. The van der Waals surface area contributed by atoms with E-state index in [9.17, 15) is 22.4 Å². The third kappa shape index (κ3) is 5.49. The highest BCUT2D eigenvalue weighted by atomic mass is 19.4. The first-order chi connectivity index (χ1) is 15.8. The van der Waals surface area contributed by atoms with Crippen LogP contribution in [0.15, 0.2) is 83.7 Å². The fourth-order valence-electron chi connectivity index (χ4n) is 3.37. The maximum absolute atomic E-state index is 13.3. The van der Waals surface area contributed by atoms with E-state index in [1.165, 1.54) is 47.6 Å². The molecule has 0 spiro atoms. The van der Waals surface area contributed by atoms with Crippen LogP contribution in [0.2, 0.25) is 0 Å².